The van der Waals surface area contributed by atoms with Crippen molar-refractivity contribution in [2.45, 2.75) is 25.6 Å². The molecule has 0 radical (unpaired) electrons. The number of aliphatic hydroxyl groups is 1. The van der Waals surface area contributed by atoms with Gasteiger partial charge in [-0.05, 0) is 12.5 Å². The lowest BCUT2D eigenvalue weighted by molar-refractivity contribution is -0.00473. The molecule has 0 saturated carbocycles. The SMILES string of the molecule is COCC(C)OCCC(O)c1ccccc1. The summed E-state index contributed by atoms with van der Waals surface area (Å²) < 4.78 is 10.4. The van der Waals surface area contributed by atoms with Crippen LogP contribution in [0.5, 0.6) is 0 Å². The molecule has 0 fully saturated rings. The van der Waals surface area contributed by atoms with E-state index in [2.05, 4.69) is 0 Å². The molecule has 0 heterocycles. The molecule has 1 rings (SSSR count). The lowest BCUT2D eigenvalue weighted by atomic mass is 10.1. The summed E-state index contributed by atoms with van der Waals surface area (Å²) in [5, 5.41) is 9.85. The summed E-state index contributed by atoms with van der Waals surface area (Å²) >= 11 is 0. The zero-order valence-corrected chi connectivity index (χ0v) is 9.93. The fourth-order valence-corrected chi connectivity index (χ4v) is 1.51. The number of hydrogen-bond acceptors (Lipinski definition) is 3. The summed E-state index contributed by atoms with van der Waals surface area (Å²) in [6.45, 7) is 3.08. The minimum atomic E-state index is -0.448. The van der Waals surface area contributed by atoms with Gasteiger partial charge in [0.25, 0.3) is 0 Å². The molecular formula is C13H20O3. The van der Waals surface area contributed by atoms with Crippen LogP contribution in [0.2, 0.25) is 0 Å². The van der Waals surface area contributed by atoms with Gasteiger partial charge >= 0.3 is 0 Å². The van der Waals surface area contributed by atoms with E-state index in [-0.39, 0.29) is 6.10 Å². The van der Waals surface area contributed by atoms with Gasteiger partial charge in [0.05, 0.1) is 18.8 Å². The van der Waals surface area contributed by atoms with Gasteiger partial charge in [0, 0.05) is 20.1 Å². The van der Waals surface area contributed by atoms with Gasteiger partial charge in [-0.25, -0.2) is 0 Å². The summed E-state index contributed by atoms with van der Waals surface area (Å²) in [4.78, 5) is 0. The van der Waals surface area contributed by atoms with Gasteiger partial charge in [0.15, 0.2) is 0 Å². The fraction of sp³-hybridized carbons (Fsp3) is 0.538. The maximum atomic E-state index is 9.85. The van der Waals surface area contributed by atoms with Crippen LogP contribution >= 0.6 is 0 Å². The number of aliphatic hydroxyl groups excluding tert-OH is 1. The monoisotopic (exact) mass is 224 g/mol. The van der Waals surface area contributed by atoms with Crippen LogP contribution in [0, 0.1) is 0 Å². The first kappa shape index (κ1) is 13.2. The second kappa shape index (κ2) is 7.39. The van der Waals surface area contributed by atoms with E-state index in [4.69, 9.17) is 9.47 Å². The van der Waals surface area contributed by atoms with Crippen molar-refractivity contribution >= 4 is 0 Å². The van der Waals surface area contributed by atoms with Crippen LogP contribution in [0.15, 0.2) is 30.3 Å². The fourth-order valence-electron chi connectivity index (χ4n) is 1.51. The Morgan fingerprint density at radius 2 is 1.94 bits per heavy atom. The molecule has 3 nitrogen and oxygen atoms in total. The number of benzene rings is 1. The van der Waals surface area contributed by atoms with Gasteiger partial charge in [-0.2, -0.15) is 0 Å². The van der Waals surface area contributed by atoms with Gasteiger partial charge in [-0.3, -0.25) is 0 Å². The molecule has 0 aromatic heterocycles. The van der Waals surface area contributed by atoms with Crippen molar-refractivity contribution in [3.8, 4) is 0 Å². The molecule has 16 heavy (non-hydrogen) atoms. The highest BCUT2D eigenvalue weighted by molar-refractivity contribution is 5.16. The second-order valence-corrected chi connectivity index (χ2v) is 3.85. The Bertz CT molecular complexity index is 274. The maximum absolute atomic E-state index is 9.85. The van der Waals surface area contributed by atoms with Gasteiger partial charge < -0.3 is 14.6 Å². The van der Waals surface area contributed by atoms with Crippen molar-refractivity contribution < 1.29 is 14.6 Å². The van der Waals surface area contributed by atoms with Crippen LogP contribution in [-0.4, -0.2) is 31.5 Å². The average molecular weight is 224 g/mol. The smallest absolute Gasteiger partial charge is 0.0812 e. The summed E-state index contributed by atoms with van der Waals surface area (Å²) in [7, 11) is 1.65. The molecule has 1 aromatic carbocycles. The molecule has 0 aliphatic rings. The van der Waals surface area contributed by atoms with E-state index in [0.29, 0.717) is 19.6 Å². The number of rotatable bonds is 7. The largest absolute Gasteiger partial charge is 0.388 e. The Balaban J connectivity index is 2.23. The van der Waals surface area contributed by atoms with Gasteiger partial charge in [-0.15, -0.1) is 0 Å². The zero-order valence-electron chi connectivity index (χ0n) is 9.93. The Hall–Kier alpha value is -0.900. The van der Waals surface area contributed by atoms with Crippen LogP contribution in [0.25, 0.3) is 0 Å². The molecule has 0 aliphatic heterocycles. The first-order valence-corrected chi connectivity index (χ1v) is 5.57. The van der Waals surface area contributed by atoms with Gasteiger partial charge in [-0.1, -0.05) is 30.3 Å². The number of ether oxygens (including phenoxy) is 2. The lowest BCUT2D eigenvalue weighted by Gasteiger charge is -2.14. The van der Waals surface area contributed by atoms with E-state index < -0.39 is 6.10 Å². The molecule has 1 N–H and O–H groups in total. The molecule has 0 aliphatic carbocycles. The van der Waals surface area contributed by atoms with Crippen molar-refractivity contribution in [3.05, 3.63) is 35.9 Å². The molecule has 90 valence electrons. The first-order chi connectivity index (χ1) is 7.74. The molecule has 3 heteroatoms. The van der Waals surface area contributed by atoms with Crippen molar-refractivity contribution in [1.82, 2.24) is 0 Å². The Morgan fingerprint density at radius 1 is 1.25 bits per heavy atom. The van der Waals surface area contributed by atoms with E-state index in [9.17, 15) is 5.11 Å². The zero-order chi connectivity index (χ0) is 11.8. The van der Waals surface area contributed by atoms with Crippen LogP contribution < -0.4 is 0 Å². The van der Waals surface area contributed by atoms with Crippen molar-refractivity contribution in [2.75, 3.05) is 20.3 Å². The summed E-state index contributed by atoms with van der Waals surface area (Å²) in [5.41, 5.74) is 0.936. The Morgan fingerprint density at radius 3 is 2.56 bits per heavy atom. The van der Waals surface area contributed by atoms with Crippen LogP contribution in [-0.2, 0) is 9.47 Å². The molecule has 0 bridgehead atoms. The van der Waals surface area contributed by atoms with Crippen LogP contribution in [0.4, 0.5) is 0 Å². The summed E-state index contributed by atoms with van der Waals surface area (Å²) in [6.07, 6.45) is 0.238. The normalized spacial score (nSPS) is 14.7. The van der Waals surface area contributed by atoms with Crippen LogP contribution in [0.1, 0.15) is 25.0 Å². The van der Waals surface area contributed by atoms with Crippen LogP contribution in [0.3, 0.4) is 0 Å². The predicted octanol–water partition coefficient (Wildman–Crippen LogP) is 2.16. The molecule has 2 unspecified atom stereocenters. The average Bonchev–Trinajstić information content (AvgIpc) is 2.30. The first-order valence-electron chi connectivity index (χ1n) is 5.57. The molecular weight excluding hydrogens is 204 g/mol. The highest BCUT2D eigenvalue weighted by atomic mass is 16.5. The molecule has 1 aromatic rings. The van der Waals surface area contributed by atoms with Crippen molar-refractivity contribution in [2.24, 2.45) is 0 Å². The van der Waals surface area contributed by atoms with E-state index in [1.54, 1.807) is 7.11 Å². The predicted molar refractivity (Wildman–Crippen MR) is 63.3 cm³/mol. The summed E-state index contributed by atoms with van der Waals surface area (Å²) in [6, 6.07) is 9.62. The van der Waals surface area contributed by atoms with E-state index in [1.165, 1.54) is 0 Å². The third-order valence-electron chi connectivity index (χ3n) is 2.38. The minimum Gasteiger partial charge on any atom is -0.388 e. The quantitative estimate of drug-likeness (QED) is 0.771. The maximum Gasteiger partial charge on any atom is 0.0812 e. The third kappa shape index (κ3) is 4.75. The second-order valence-electron chi connectivity index (χ2n) is 3.85. The molecule has 2 atom stereocenters. The molecule has 0 spiro atoms. The summed E-state index contributed by atoms with van der Waals surface area (Å²) in [5.74, 6) is 0. The van der Waals surface area contributed by atoms with E-state index in [1.807, 2.05) is 37.3 Å². The highest BCUT2D eigenvalue weighted by Gasteiger charge is 2.08. The van der Waals surface area contributed by atoms with Gasteiger partial charge in [0.2, 0.25) is 0 Å². The molecule has 0 amide bonds. The number of hydrogen-bond donors (Lipinski definition) is 1. The van der Waals surface area contributed by atoms with Crippen molar-refractivity contribution in [3.63, 3.8) is 0 Å². The topological polar surface area (TPSA) is 38.7 Å². The lowest BCUT2D eigenvalue weighted by Crippen LogP contribution is -2.16. The third-order valence-corrected chi connectivity index (χ3v) is 2.38. The Kier molecular flexibility index (Phi) is 6.08. The van der Waals surface area contributed by atoms with E-state index in [0.717, 1.165) is 5.56 Å². The molecule has 0 saturated heterocycles. The standard InChI is InChI=1S/C13H20O3/c1-11(10-15-2)16-9-8-13(14)12-6-4-3-5-7-12/h3-7,11,13-14H,8-10H2,1-2H3. The Labute approximate surface area is 97.0 Å². The minimum absolute atomic E-state index is 0.0768. The number of methoxy groups -OCH3 is 1. The van der Waals surface area contributed by atoms with Crippen molar-refractivity contribution in [1.29, 1.82) is 0 Å². The van der Waals surface area contributed by atoms with Gasteiger partial charge in [0.1, 0.15) is 0 Å². The highest BCUT2D eigenvalue weighted by Crippen LogP contribution is 2.15. The van der Waals surface area contributed by atoms with E-state index >= 15 is 0 Å².